The Labute approximate surface area is 121 Å². The summed E-state index contributed by atoms with van der Waals surface area (Å²) in [4.78, 5) is 16.7. The summed E-state index contributed by atoms with van der Waals surface area (Å²) < 4.78 is 1.98. The average molecular weight is 288 g/mol. The van der Waals surface area contributed by atoms with Gasteiger partial charge in [0.15, 0.2) is 0 Å². The highest BCUT2D eigenvalue weighted by atomic mass is 32.1. The highest BCUT2D eigenvalue weighted by Gasteiger charge is 2.06. The van der Waals surface area contributed by atoms with E-state index in [-0.39, 0.29) is 5.91 Å². The first-order chi connectivity index (χ1) is 9.79. The van der Waals surface area contributed by atoms with Gasteiger partial charge < -0.3 is 15.6 Å². The summed E-state index contributed by atoms with van der Waals surface area (Å²) in [6.07, 6.45) is 6.28. The van der Waals surface area contributed by atoms with Gasteiger partial charge in [-0.1, -0.05) is 11.8 Å². The number of nitrogens with zero attached hydrogens (tertiary/aromatic N) is 2. The van der Waals surface area contributed by atoms with E-state index >= 15 is 0 Å². The van der Waals surface area contributed by atoms with E-state index in [0.29, 0.717) is 18.7 Å². The van der Waals surface area contributed by atoms with Crippen molar-refractivity contribution in [2.75, 3.05) is 13.1 Å². The van der Waals surface area contributed by atoms with Gasteiger partial charge in [-0.15, -0.1) is 11.3 Å². The fourth-order valence-electron chi connectivity index (χ4n) is 1.64. The van der Waals surface area contributed by atoms with Gasteiger partial charge in [0.05, 0.1) is 23.3 Å². The molecule has 0 saturated heterocycles. The van der Waals surface area contributed by atoms with Crippen molar-refractivity contribution in [2.24, 2.45) is 5.73 Å². The molecule has 2 aromatic rings. The van der Waals surface area contributed by atoms with Crippen LogP contribution in [0.5, 0.6) is 0 Å². The Hall–Kier alpha value is -2.10. The zero-order chi connectivity index (χ0) is 14.2. The molecule has 0 radical (unpaired) electrons. The Balaban J connectivity index is 1.75. The quantitative estimate of drug-likeness (QED) is 0.638. The number of nitrogens with two attached hydrogens (primary N) is 1. The number of carbonyl (C=O) groups excluding carboxylic acids is 1. The van der Waals surface area contributed by atoms with Crippen molar-refractivity contribution >= 4 is 17.2 Å². The van der Waals surface area contributed by atoms with Gasteiger partial charge >= 0.3 is 0 Å². The Morgan fingerprint density at radius 3 is 3.20 bits per heavy atom. The Morgan fingerprint density at radius 1 is 1.55 bits per heavy atom. The van der Waals surface area contributed by atoms with Gasteiger partial charge in [0.1, 0.15) is 0 Å². The van der Waals surface area contributed by atoms with E-state index in [2.05, 4.69) is 22.1 Å². The van der Waals surface area contributed by atoms with Crippen LogP contribution in [0.2, 0.25) is 0 Å². The van der Waals surface area contributed by atoms with Crippen LogP contribution in [0.1, 0.15) is 21.7 Å². The molecule has 20 heavy (non-hydrogen) atoms. The van der Waals surface area contributed by atoms with Crippen molar-refractivity contribution < 1.29 is 4.79 Å². The van der Waals surface area contributed by atoms with Crippen molar-refractivity contribution in [1.82, 2.24) is 14.9 Å². The minimum Gasteiger partial charge on any atom is -0.352 e. The number of hydrogen-bond donors (Lipinski definition) is 2. The van der Waals surface area contributed by atoms with Gasteiger partial charge in [0.25, 0.3) is 5.91 Å². The number of hydrogen-bond acceptors (Lipinski definition) is 4. The second kappa shape index (κ2) is 7.48. The van der Waals surface area contributed by atoms with E-state index in [4.69, 9.17) is 5.73 Å². The first kappa shape index (κ1) is 14.3. The number of imidazole rings is 1. The molecule has 6 heteroatoms. The molecule has 0 aliphatic heterocycles. The van der Waals surface area contributed by atoms with Crippen molar-refractivity contribution in [3.63, 3.8) is 0 Å². The zero-order valence-electron chi connectivity index (χ0n) is 11.0. The fourth-order valence-corrected chi connectivity index (χ4v) is 2.40. The standard InChI is InChI=1S/C14H16N4OS/c15-4-1-3-13-9-12(10-20-13)14(19)17-5-2-7-18-8-6-16-11-18/h6,8-11H,2,4-5,7,15H2,(H,17,19). The molecule has 0 aliphatic carbocycles. The maximum absolute atomic E-state index is 11.9. The molecule has 0 unspecified atom stereocenters. The van der Waals surface area contributed by atoms with E-state index in [1.165, 1.54) is 11.3 Å². The predicted octanol–water partition coefficient (Wildman–Crippen LogP) is 1.07. The highest BCUT2D eigenvalue weighted by Crippen LogP contribution is 2.13. The monoisotopic (exact) mass is 288 g/mol. The molecule has 0 saturated carbocycles. The van der Waals surface area contributed by atoms with E-state index in [0.717, 1.165) is 17.8 Å². The van der Waals surface area contributed by atoms with Crippen molar-refractivity contribution in [1.29, 1.82) is 0 Å². The van der Waals surface area contributed by atoms with Crippen LogP contribution in [0.15, 0.2) is 30.2 Å². The third-order valence-electron chi connectivity index (χ3n) is 2.61. The van der Waals surface area contributed by atoms with E-state index < -0.39 is 0 Å². The van der Waals surface area contributed by atoms with E-state index in [1.807, 2.05) is 16.1 Å². The molecule has 2 aromatic heterocycles. The average Bonchev–Trinajstić information content (AvgIpc) is 3.12. The summed E-state index contributed by atoms with van der Waals surface area (Å²) in [6, 6.07) is 1.79. The van der Waals surface area contributed by atoms with Crippen LogP contribution < -0.4 is 11.1 Å². The summed E-state index contributed by atoms with van der Waals surface area (Å²) in [5, 5.41) is 4.70. The molecule has 5 nitrogen and oxygen atoms in total. The molecule has 0 aliphatic rings. The first-order valence-electron chi connectivity index (χ1n) is 6.31. The van der Waals surface area contributed by atoms with Gasteiger partial charge in [-0.3, -0.25) is 4.79 Å². The summed E-state index contributed by atoms with van der Waals surface area (Å²) in [5.74, 6) is 5.63. The first-order valence-corrected chi connectivity index (χ1v) is 7.19. The number of rotatable bonds is 5. The maximum Gasteiger partial charge on any atom is 0.252 e. The molecule has 0 spiro atoms. The van der Waals surface area contributed by atoms with Crippen LogP contribution >= 0.6 is 11.3 Å². The van der Waals surface area contributed by atoms with Crippen LogP contribution in [0, 0.1) is 11.8 Å². The molecule has 0 aromatic carbocycles. The molecular formula is C14H16N4OS. The number of carbonyl (C=O) groups is 1. The Bertz CT molecular complexity index is 607. The molecule has 3 N–H and O–H groups in total. The second-order valence-electron chi connectivity index (χ2n) is 4.12. The summed E-state index contributed by atoms with van der Waals surface area (Å²) in [6.45, 7) is 1.81. The zero-order valence-corrected chi connectivity index (χ0v) is 11.8. The minimum atomic E-state index is -0.0623. The Morgan fingerprint density at radius 2 is 2.45 bits per heavy atom. The summed E-state index contributed by atoms with van der Waals surface area (Å²) in [5.41, 5.74) is 5.96. The van der Waals surface area contributed by atoms with Crippen molar-refractivity contribution in [3.8, 4) is 11.8 Å². The van der Waals surface area contributed by atoms with Crippen LogP contribution in [-0.4, -0.2) is 28.5 Å². The van der Waals surface area contributed by atoms with Crippen LogP contribution in [0.25, 0.3) is 0 Å². The van der Waals surface area contributed by atoms with Crippen LogP contribution in [-0.2, 0) is 6.54 Å². The molecule has 0 bridgehead atoms. The van der Waals surface area contributed by atoms with Crippen LogP contribution in [0.3, 0.4) is 0 Å². The third kappa shape index (κ3) is 4.23. The maximum atomic E-state index is 11.9. The summed E-state index contributed by atoms with van der Waals surface area (Å²) >= 11 is 1.45. The number of aromatic nitrogens is 2. The molecule has 2 heterocycles. The summed E-state index contributed by atoms with van der Waals surface area (Å²) in [7, 11) is 0. The molecular weight excluding hydrogens is 272 g/mol. The molecule has 1 amide bonds. The number of amides is 1. The van der Waals surface area contributed by atoms with Gasteiger partial charge in [-0.25, -0.2) is 4.98 Å². The number of thiophene rings is 1. The van der Waals surface area contributed by atoms with Gasteiger partial charge in [-0.2, -0.15) is 0 Å². The van der Waals surface area contributed by atoms with Crippen LogP contribution in [0.4, 0.5) is 0 Å². The second-order valence-corrected chi connectivity index (χ2v) is 5.03. The van der Waals surface area contributed by atoms with Crippen molar-refractivity contribution in [3.05, 3.63) is 40.6 Å². The lowest BCUT2D eigenvalue weighted by molar-refractivity contribution is 0.0953. The third-order valence-corrected chi connectivity index (χ3v) is 3.46. The molecule has 104 valence electrons. The molecule has 0 atom stereocenters. The lowest BCUT2D eigenvalue weighted by Crippen LogP contribution is -2.24. The lowest BCUT2D eigenvalue weighted by atomic mass is 10.3. The normalized spacial score (nSPS) is 9.85. The van der Waals surface area contributed by atoms with Gasteiger partial charge in [0, 0.05) is 30.9 Å². The fraction of sp³-hybridized carbons (Fsp3) is 0.286. The largest absolute Gasteiger partial charge is 0.352 e. The van der Waals surface area contributed by atoms with Gasteiger partial charge in [0.2, 0.25) is 0 Å². The Kier molecular flexibility index (Phi) is 5.35. The lowest BCUT2D eigenvalue weighted by Gasteiger charge is -2.04. The van der Waals surface area contributed by atoms with E-state index in [9.17, 15) is 4.79 Å². The van der Waals surface area contributed by atoms with Gasteiger partial charge in [-0.05, 0) is 12.5 Å². The SMILES string of the molecule is NCC#Cc1cc(C(=O)NCCCn2ccnc2)cs1. The van der Waals surface area contributed by atoms with Crippen molar-refractivity contribution in [2.45, 2.75) is 13.0 Å². The van der Waals surface area contributed by atoms with E-state index in [1.54, 1.807) is 18.6 Å². The minimum absolute atomic E-state index is 0.0623. The number of aryl methyl sites for hydroxylation is 1. The number of nitrogens with one attached hydrogen (secondary N) is 1. The molecule has 0 fully saturated rings. The predicted molar refractivity (Wildman–Crippen MR) is 79.4 cm³/mol. The smallest absolute Gasteiger partial charge is 0.252 e. The molecule has 2 rings (SSSR count). The highest BCUT2D eigenvalue weighted by molar-refractivity contribution is 7.10. The topological polar surface area (TPSA) is 72.9 Å².